The Labute approximate surface area is 171 Å². The molecule has 2 aromatic heterocycles. The summed E-state index contributed by atoms with van der Waals surface area (Å²) in [6.45, 7) is 3.50. The lowest BCUT2D eigenvalue weighted by Gasteiger charge is -2.16. The zero-order valence-electron chi connectivity index (χ0n) is 15.5. The monoisotopic (exact) mass is 412 g/mol. The number of thiophene rings is 1. The highest BCUT2D eigenvalue weighted by Crippen LogP contribution is 2.28. The number of ketones is 1. The molecule has 3 aromatic rings. The van der Waals surface area contributed by atoms with Crippen LogP contribution in [0.4, 0.5) is 5.69 Å². The first-order chi connectivity index (χ1) is 13.7. The second kappa shape index (κ2) is 8.28. The molecular weight excluding hydrogens is 392 g/mol. The highest BCUT2D eigenvalue weighted by Gasteiger charge is 2.22. The number of rotatable bonds is 7. The van der Waals surface area contributed by atoms with Gasteiger partial charge in [0.2, 0.25) is 5.91 Å². The summed E-state index contributed by atoms with van der Waals surface area (Å²) in [7, 11) is 0. The molecule has 1 saturated heterocycles. The first kappa shape index (κ1) is 18.9. The summed E-state index contributed by atoms with van der Waals surface area (Å²) in [6.07, 6.45) is 1.44. The third-order valence-corrected chi connectivity index (χ3v) is 6.49. The molecule has 0 atom stereocenters. The van der Waals surface area contributed by atoms with Crippen molar-refractivity contribution in [1.29, 1.82) is 0 Å². The molecule has 0 unspecified atom stereocenters. The third kappa shape index (κ3) is 3.74. The Balaban J connectivity index is 1.47. The minimum absolute atomic E-state index is 0.0156. The first-order valence-electron chi connectivity index (χ1n) is 9.21. The van der Waals surface area contributed by atoms with E-state index in [1.807, 2.05) is 47.2 Å². The number of anilines is 1. The van der Waals surface area contributed by atoms with E-state index in [1.165, 1.54) is 11.8 Å². The fourth-order valence-corrected chi connectivity index (χ4v) is 4.86. The van der Waals surface area contributed by atoms with Crippen LogP contribution in [0.25, 0.3) is 10.7 Å². The van der Waals surface area contributed by atoms with Gasteiger partial charge in [0.05, 0.1) is 10.6 Å². The Kier molecular flexibility index (Phi) is 5.59. The molecule has 28 heavy (non-hydrogen) atoms. The van der Waals surface area contributed by atoms with E-state index in [0.717, 1.165) is 41.1 Å². The fourth-order valence-electron chi connectivity index (χ4n) is 3.25. The molecular formula is C20H20N4O2S2. The molecule has 1 amide bonds. The van der Waals surface area contributed by atoms with Crippen molar-refractivity contribution in [3.63, 3.8) is 0 Å². The summed E-state index contributed by atoms with van der Waals surface area (Å²) in [5.74, 6) is 1.25. The highest BCUT2D eigenvalue weighted by molar-refractivity contribution is 7.99. The van der Waals surface area contributed by atoms with Crippen molar-refractivity contribution in [2.45, 2.75) is 31.5 Å². The van der Waals surface area contributed by atoms with Gasteiger partial charge in [-0.15, -0.1) is 21.5 Å². The maximum atomic E-state index is 12.7. The molecule has 1 aliphatic heterocycles. The molecule has 1 fully saturated rings. The summed E-state index contributed by atoms with van der Waals surface area (Å²) in [5.41, 5.74) is 1.42. The maximum absolute atomic E-state index is 12.7. The Morgan fingerprint density at radius 2 is 2.14 bits per heavy atom. The number of hydrogen-bond donors (Lipinski definition) is 0. The summed E-state index contributed by atoms with van der Waals surface area (Å²) in [5, 5.41) is 11.3. The molecule has 1 aromatic carbocycles. The van der Waals surface area contributed by atoms with Crippen LogP contribution >= 0.6 is 23.1 Å². The molecule has 3 heterocycles. The lowest BCUT2D eigenvalue weighted by molar-refractivity contribution is -0.117. The van der Waals surface area contributed by atoms with Crippen LogP contribution in [0.2, 0.25) is 0 Å². The Bertz CT molecular complexity index is 998. The standard InChI is InChI=1S/C20H20N4O2S2/c1-2-23-19(17-8-5-11-27-17)21-22-20(23)28-13-16(25)14-6-3-7-15(12-14)24-10-4-9-18(24)26/h3,5-8,11-12H,2,4,9-10,13H2,1H3. The van der Waals surface area contributed by atoms with Crippen molar-refractivity contribution in [3.8, 4) is 10.7 Å². The lowest BCUT2D eigenvalue weighted by Crippen LogP contribution is -2.23. The minimum atomic E-state index is 0.0156. The molecule has 0 saturated carbocycles. The maximum Gasteiger partial charge on any atom is 0.227 e. The molecule has 8 heteroatoms. The van der Waals surface area contributed by atoms with Crippen molar-refractivity contribution in [1.82, 2.24) is 14.8 Å². The lowest BCUT2D eigenvalue weighted by atomic mass is 10.1. The van der Waals surface area contributed by atoms with Crippen molar-refractivity contribution in [2.24, 2.45) is 0 Å². The molecule has 0 spiro atoms. The number of benzene rings is 1. The van der Waals surface area contributed by atoms with Gasteiger partial charge in [-0.2, -0.15) is 0 Å². The number of hydrogen-bond acceptors (Lipinski definition) is 6. The Morgan fingerprint density at radius 3 is 2.86 bits per heavy atom. The van der Waals surface area contributed by atoms with E-state index in [9.17, 15) is 9.59 Å². The Morgan fingerprint density at radius 1 is 1.25 bits per heavy atom. The van der Waals surface area contributed by atoms with Gasteiger partial charge in [-0.05, 0) is 36.9 Å². The topological polar surface area (TPSA) is 68.1 Å². The molecule has 1 aliphatic rings. The Hall–Kier alpha value is -2.45. The molecule has 0 N–H and O–H groups in total. The van der Waals surface area contributed by atoms with Gasteiger partial charge in [-0.1, -0.05) is 30.0 Å². The number of carbonyl (C=O) groups is 2. The van der Waals surface area contributed by atoms with Crippen molar-refractivity contribution in [3.05, 3.63) is 47.3 Å². The van der Waals surface area contributed by atoms with E-state index in [0.29, 0.717) is 12.0 Å². The molecule has 4 rings (SSSR count). The van der Waals surface area contributed by atoms with E-state index in [4.69, 9.17) is 0 Å². The molecule has 0 bridgehead atoms. The van der Waals surface area contributed by atoms with Gasteiger partial charge in [0.1, 0.15) is 0 Å². The van der Waals surface area contributed by atoms with Crippen LogP contribution in [-0.4, -0.2) is 38.8 Å². The van der Waals surface area contributed by atoms with Gasteiger partial charge in [-0.3, -0.25) is 9.59 Å². The minimum Gasteiger partial charge on any atom is -0.312 e. The predicted molar refractivity (Wildman–Crippen MR) is 112 cm³/mol. The van der Waals surface area contributed by atoms with Crippen LogP contribution in [0.1, 0.15) is 30.1 Å². The first-order valence-corrected chi connectivity index (χ1v) is 11.1. The van der Waals surface area contributed by atoms with Gasteiger partial charge < -0.3 is 9.47 Å². The molecule has 6 nitrogen and oxygen atoms in total. The normalized spacial score (nSPS) is 14.0. The predicted octanol–water partition coefficient (Wildman–Crippen LogP) is 4.13. The van der Waals surface area contributed by atoms with E-state index in [-0.39, 0.29) is 17.4 Å². The van der Waals surface area contributed by atoms with E-state index < -0.39 is 0 Å². The smallest absolute Gasteiger partial charge is 0.227 e. The highest BCUT2D eigenvalue weighted by atomic mass is 32.2. The molecule has 0 aliphatic carbocycles. The number of amides is 1. The van der Waals surface area contributed by atoms with Crippen LogP contribution in [0.5, 0.6) is 0 Å². The SMILES string of the molecule is CCn1c(SCC(=O)c2cccc(N3CCCC3=O)c2)nnc1-c1cccs1. The number of carbonyl (C=O) groups excluding carboxylic acids is 2. The van der Waals surface area contributed by atoms with E-state index in [2.05, 4.69) is 10.2 Å². The van der Waals surface area contributed by atoms with Crippen molar-refractivity contribution < 1.29 is 9.59 Å². The van der Waals surface area contributed by atoms with Gasteiger partial charge in [-0.25, -0.2) is 0 Å². The molecule has 144 valence electrons. The fraction of sp³-hybridized carbons (Fsp3) is 0.300. The van der Waals surface area contributed by atoms with Crippen LogP contribution in [0, 0.1) is 0 Å². The van der Waals surface area contributed by atoms with Gasteiger partial charge in [0.15, 0.2) is 16.8 Å². The quantitative estimate of drug-likeness (QED) is 0.431. The third-order valence-electron chi connectivity index (χ3n) is 4.66. The summed E-state index contributed by atoms with van der Waals surface area (Å²) in [4.78, 5) is 27.5. The van der Waals surface area contributed by atoms with Crippen LogP contribution in [0.15, 0.2) is 46.9 Å². The summed E-state index contributed by atoms with van der Waals surface area (Å²) in [6, 6.07) is 11.3. The van der Waals surface area contributed by atoms with Crippen LogP contribution in [-0.2, 0) is 11.3 Å². The van der Waals surface area contributed by atoms with Gasteiger partial charge in [0.25, 0.3) is 0 Å². The largest absolute Gasteiger partial charge is 0.312 e. The van der Waals surface area contributed by atoms with Crippen molar-refractivity contribution >= 4 is 40.5 Å². The van der Waals surface area contributed by atoms with E-state index in [1.54, 1.807) is 22.3 Å². The van der Waals surface area contributed by atoms with Gasteiger partial charge >= 0.3 is 0 Å². The second-order valence-corrected chi connectivity index (χ2v) is 8.33. The number of thioether (sulfide) groups is 1. The summed E-state index contributed by atoms with van der Waals surface area (Å²) >= 11 is 3.02. The summed E-state index contributed by atoms with van der Waals surface area (Å²) < 4.78 is 2.03. The zero-order valence-corrected chi connectivity index (χ0v) is 17.1. The average Bonchev–Trinajstić information content (AvgIpc) is 3.46. The number of nitrogens with zero attached hydrogens (tertiary/aromatic N) is 4. The van der Waals surface area contributed by atoms with Crippen molar-refractivity contribution in [2.75, 3.05) is 17.2 Å². The van der Waals surface area contributed by atoms with E-state index >= 15 is 0 Å². The molecule has 0 radical (unpaired) electrons. The van der Waals surface area contributed by atoms with Crippen LogP contribution < -0.4 is 4.90 Å². The number of aromatic nitrogens is 3. The zero-order chi connectivity index (χ0) is 19.5. The van der Waals surface area contributed by atoms with Gasteiger partial charge in [0, 0.05) is 30.8 Å². The second-order valence-electron chi connectivity index (χ2n) is 6.44. The number of Topliss-reactive ketones (excluding diaryl/α,β-unsaturated/α-hetero) is 1. The van der Waals surface area contributed by atoms with Crippen LogP contribution in [0.3, 0.4) is 0 Å². The average molecular weight is 413 g/mol.